The van der Waals surface area contributed by atoms with Gasteiger partial charge in [0.15, 0.2) is 11.5 Å². The van der Waals surface area contributed by atoms with Gasteiger partial charge in [-0.15, -0.1) is 0 Å². The van der Waals surface area contributed by atoms with E-state index in [1.165, 1.54) is 0 Å². The number of benzene rings is 1. The van der Waals surface area contributed by atoms with Crippen molar-refractivity contribution in [1.29, 1.82) is 0 Å². The number of fused-ring (bicyclic) bond motifs is 1. The highest BCUT2D eigenvalue weighted by Crippen LogP contribution is 2.34. The van der Waals surface area contributed by atoms with Crippen LogP contribution in [0.4, 0.5) is 4.79 Å². The zero-order valence-corrected chi connectivity index (χ0v) is 18.5. The van der Waals surface area contributed by atoms with Crippen molar-refractivity contribution in [2.24, 2.45) is 5.41 Å². The smallest absolute Gasteiger partial charge is 0.325 e. The maximum atomic E-state index is 13.0. The summed E-state index contributed by atoms with van der Waals surface area (Å²) >= 11 is 0. The van der Waals surface area contributed by atoms with Crippen LogP contribution in [-0.4, -0.2) is 47.2 Å². The van der Waals surface area contributed by atoms with Crippen molar-refractivity contribution >= 4 is 17.8 Å². The highest BCUT2D eigenvalue weighted by Gasteiger charge is 2.48. The summed E-state index contributed by atoms with van der Waals surface area (Å²) in [6.45, 7) is 11.7. The number of carbonyl (C=O) groups excluding carboxylic acids is 3. The highest BCUT2D eigenvalue weighted by atomic mass is 16.7. The van der Waals surface area contributed by atoms with E-state index in [-0.39, 0.29) is 31.1 Å². The van der Waals surface area contributed by atoms with E-state index in [9.17, 15) is 14.4 Å². The third-order valence-electron chi connectivity index (χ3n) is 5.09. The lowest BCUT2D eigenvalue weighted by atomic mass is 9.82. The Morgan fingerprint density at radius 1 is 1.17 bits per heavy atom. The predicted octanol–water partition coefficient (Wildman–Crippen LogP) is 2.60. The molecule has 0 radical (unpaired) electrons. The fraction of sp³-hybridized carbons (Fsp3) is 0.591. The zero-order valence-electron chi connectivity index (χ0n) is 18.5. The number of carbonyl (C=O) groups is 3. The van der Waals surface area contributed by atoms with Gasteiger partial charge in [-0.3, -0.25) is 14.5 Å². The first-order chi connectivity index (χ1) is 13.8. The topological polar surface area (TPSA) is 97.0 Å². The van der Waals surface area contributed by atoms with Crippen LogP contribution >= 0.6 is 0 Å². The second-order valence-electron chi connectivity index (χ2n) is 10.2. The molecule has 8 nitrogen and oxygen atoms in total. The van der Waals surface area contributed by atoms with Gasteiger partial charge < -0.3 is 20.1 Å². The minimum atomic E-state index is -1.13. The van der Waals surface area contributed by atoms with Crippen molar-refractivity contribution in [2.75, 3.05) is 13.3 Å². The minimum Gasteiger partial charge on any atom is -0.454 e. The molecule has 1 saturated heterocycles. The standard InChI is InChI=1S/C22H31N3O5/c1-20(2,3)12-21(4,5)23-17(26)11-25-18(27)22(6,24-19(25)28)10-14-7-8-15-16(9-14)30-13-29-15/h7-9H,10-13H2,1-6H3,(H,23,26)(H,24,28)/t22-/m1/s1. The van der Waals surface area contributed by atoms with Gasteiger partial charge in [0.2, 0.25) is 12.7 Å². The molecule has 2 N–H and O–H groups in total. The predicted molar refractivity (Wildman–Crippen MR) is 111 cm³/mol. The summed E-state index contributed by atoms with van der Waals surface area (Å²) in [5.41, 5.74) is -0.732. The van der Waals surface area contributed by atoms with Gasteiger partial charge in [-0.1, -0.05) is 26.8 Å². The van der Waals surface area contributed by atoms with Crippen LogP contribution in [0.15, 0.2) is 18.2 Å². The molecule has 1 aromatic carbocycles. The van der Waals surface area contributed by atoms with Crippen LogP contribution in [0, 0.1) is 5.41 Å². The monoisotopic (exact) mass is 417 g/mol. The van der Waals surface area contributed by atoms with Crippen molar-refractivity contribution in [1.82, 2.24) is 15.5 Å². The molecule has 0 spiro atoms. The van der Waals surface area contributed by atoms with Crippen LogP contribution in [0.1, 0.15) is 53.5 Å². The fourth-order valence-corrected chi connectivity index (χ4v) is 4.40. The van der Waals surface area contributed by atoms with Crippen molar-refractivity contribution in [3.8, 4) is 11.5 Å². The summed E-state index contributed by atoms with van der Waals surface area (Å²) in [6, 6.07) is 4.86. The normalized spacial score (nSPS) is 21.1. The molecule has 0 saturated carbocycles. The van der Waals surface area contributed by atoms with Gasteiger partial charge in [-0.2, -0.15) is 0 Å². The third kappa shape index (κ3) is 4.86. The van der Waals surface area contributed by atoms with E-state index in [0.29, 0.717) is 11.5 Å². The van der Waals surface area contributed by atoms with Crippen LogP contribution in [0.3, 0.4) is 0 Å². The second kappa shape index (κ2) is 7.49. The maximum Gasteiger partial charge on any atom is 0.325 e. The first kappa shape index (κ1) is 21.9. The molecule has 0 unspecified atom stereocenters. The summed E-state index contributed by atoms with van der Waals surface area (Å²) < 4.78 is 10.7. The van der Waals surface area contributed by atoms with Crippen molar-refractivity contribution < 1.29 is 23.9 Å². The van der Waals surface area contributed by atoms with E-state index in [2.05, 4.69) is 31.4 Å². The largest absolute Gasteiger partial charge is 0.454 e. The molecule has 2 aliphatic rings. The molecule has 2 heterocycles. The number of amides is 4. The Balaban J connectivity index is 1.66. The van der Waals surface area contributed by atoms with Gasteiger partial charge in [0.05, 0.1) is 0 Å². The minimum absolute atomic E-state index is 0.0286. The molecule has 3 rings (SSSR count). The average Bonchev–Trinajstić information content (AvgIpc) is 3.10. The lowest BCUT2D eigenvalue weighted by Crippen LogP contribution is -2.51. The van der Waals surface area contributed by atoms with Gasteiger partial charge in [0.25, 0.3) is 5.91 Å². The fourth-order valence-electron chi connectivity index (χ4n) is 4.40. The summed E-state index contributed by atoms with van der Waals surface area (Å²) in [5.74, 6) is 0.487. The van der Waals surface area contributed by atoms with Gasteiger partial charge in [-0.25, -0.2) is 4.79 Å². The Labute approximate surface area is 177 Å². The van der Waals surface area contributed by atoms with Crippen molar-refractivity contribution in [3.63, 3.8) is 0 Å². The number of hydrogen-bond donors (Lipinski definition) is 2. The number of urea groups is 1. The molecule has 8 heteroatoms. The molecular formula is C22H31N3O5. The van der Waals surface area contributed by atoms with Crippen LogP contribution in [0.5, 0.6) is 11.5 Å². The maximum absolute atomic E-state index is 13.0. The number of hydrogen-bond acceptors (Lipinski definition) is 5. The van der Waals surface area contributed by atoms with E-state index in [1.54, 1.807) is 19.1 Å². The molecule has 1 fully saturated rings. The molecular weight excluding hydrogens is 386 g/mol. The quantitative estimate of drug-likeness (QED) is 0.694. The Kier molecular flexibility index (Phi) is 5.47. The lowest BCUT2D eigenvalue weighted by molar-refractivity contribution is -0.135. The molecule has 0 aliphatic carbocycles. The summed E-state index contributed by atoms with van der Waals surface area (Å²) in [5, 5.41) is 5.68. The van der Waals surface area contributed by atoms with Crippen LogP contribution < -0.4 is 20.1 Å². The van der Waals surface area contributed by atoms with E-state index in [1.807, 2.05) is 19.9 Å². The van der Waals surface area contributed by atoms with E-state index >= 15 is 0 Å². The zero-order chi connectivity index (χ0) is 22.3. The molecule has 1 aromatic rings. The molecule has 4 amide bonds. The van der Waals surface area contributed by atoms with Crippen LogP contribution in [0.25, 0.3) is 0 Å². The van der Waals surface area contributed by atoms with Gasteiger partial charge >= 0.3 is 6.03 Å². The first-order valence-electron chi connectivity index (χ1n) is 10.1. The van der Waals surface area contributed by atoms with Crippen LogP contribution in [0.2, 0.25) is 0 Å². The number of imide groups is 1. The Morgan fingerprint density at radius 3 is 2.50 bits per heavy atom. The number of rotatable bonds is 6. The molecule has 164 valence electrons. The molecule has 1 atom stereocenters. The van der Waals surface area contributed by atoms with E-state index in [0.717, 1.165) is 16.9 Å². The average molecular weight is 418 g/mol. The summed E-state index contributed by atoms with van der Waals surface area (Å²) in [4.78, 5) is 39.0. The summed E-state index contributed by atoms with van der Waals surface area (Å²) in [7, 11) is 0. The molecule has 0 aromatic heterocycles. The summed E-state index contributed by atoms with van der Waals surface area (Å²) in [6.07, 6.45) is 1.04. The van der Waals surface area contributed by atoms with Crippen molar-refractivity contribution in [2.45, 2.75) is 65.5 Å². The van der Waals surface area contributed by atoms with E-state index in [4.69, 9.17) is 9.47 Å². The number of ether oxygens (including phenoxy) is 2. The van der Waals surface area contributed by atoms with Gasteiger partial charge in [0.1, 0.15) is 12.1 Å². The third-order valence-corrected chi connectivity index (χ3v) is 5.09. The SMILES string of the molecule is CC(C)(C)CC(C)(C)NC(=O)CN1C(=O)N[C@](C)(Cc2ccc3c(c2)OCO3)C1=O. The van der Waals surface area contributed by atoms with Crippen LogP contribution in [-0.2, 0) is 16.0 Å². The number of nitrogens with zero attached hydrogens (tertiary/aromatic N) is 1. The molecule has 30 heavy (non-hydrogen) atoms. The second-order valence-corrected chi connectivity index (χ2v) is 10.2. The van der Waals surface area contributed by atoms with Gasteiger partial charge in [-0.05, 0) is 50.3 Å². The Bertz CT molecular complexity index is 874. The Hall–Kier alpha value is -2.77. The van der Waals surface area contributed by atoms with Crippen molar-refractivity contribution in [3.05, 3.63) is 23.8 Å². The highest BCUT2D eigenvalue weighted by molar-refractivity contribution is 6.09. The molecule has 2 aliphatic heterocycles. The Morgan fingerprint density at radius 2 is 1.83 bits per heavy atom. The number of nitrogens with one attached hydrogen (secondary N) is 2. The molecule has 0 bridgehead atoms. The van der Waals surface area contributed by atoms with E-state index < -0.39 is 23.0 Å². The first-order valence-corrected chi connectivity index (χ1v) is 10.1. The van der Waals surface area contributed by atoms with Gasteiger partial charge in [0, 0.05) is 12.0 Å². The lowest BCUT2D eigenvalue weighted by Gasteiger charge is -2.33.